The highest BCUT2D eigenvalue weighted by atomic mass is 16.6. The number of hydrogen-bond donors (Lipinski definition) is 2. The van der Waals surface area contributed by atoms with Gasteiger partial charge in [-0.05, 0) is 41.5 Å². The molecule has 0 heterocycles. The maximum atomic E-state index is 12.0. The quantitative estimate of drug-likeness (QED) is 0.706. The van der Waals surface area contributed by atoms with E-state index in [0.29, 0.717) is 23.6 Å². The van der Waals surface area contributed by atoms with E-state index in [1.807, 2.05) is 24.3 Å². The maximum absolute atomic E-state index is 12.0. The summed E-state index contributed by atoms with van der Waals surface area (Å²) in [7, 11) is 1.52. The second-order valence-electron chi connectivity index (χ2n) is 5.67. The molecule has 0 radical (unpaired) electrons. The SMILES string of the molecule is COc1ccccc1OC(=O)Nc1ccc(Cc2ccccc2O)cc1. The van der Waals surface area contributed by atoms with Gasteiger partial charge in [0.1, 0.15) is 5.75 Å². The van der Waals surface area contributed by atoms with Crippen molar-refractivity contribution in [3.63, 3.8) is 0 Å². The summed E-state index contributed by atoms with van der Waals surface area (Å²) in [5.74, 6) is 1.11. The summed E-state index contributed by atoms with van der Waals surface area (Å²) in [4.78, 5) is 12.0. The van der Waals surface area contributed by atoms with E-state index in [1.165, 1.54) is 7.11 Å². The van der Waals surface area contributed by atoms with E-state index in [0.717, 1.165) is 11.1 Å². The number of hydrogen-bond acceptors (Lipinski definition) is 4. The summed E-state index contributed by atoms with van der Waals surface area (Å²) in [6, 6.07) is 21.5. The highest BCUT2D eigenvalue weighted by molar-refractivity contribution is 5.86. The van der Waals surface area contributed by atoms with Crippen molar-refractivity contribution < 1.29 is 19.4 Å². The number of methoxy groups -OCH3 is 1. The second-order valence-corrected chi connectivity index (χ2v) is 5.67. The molecule has 0 fully saturated rings. The zero-order valence-corrected chi connectivity index (χ0v) is 14.3. The van der Waals surface area contributed by atoms with E-state index < -0.39 is 6.09 Å². The third-order valence-electron chi connectivity index (χ3n) is 3.86. The summed E-state index contributed by atoms with van der Waals surface area (Å²) in [5.41, 5.74) is 2.49. The predicted molar refractivity (Wildman–Crippen MR) is 100.0 cm³/mol. The molecule has 3 rings (SSSR count). The minimum Gasteiger partial charge on any atom is -0.508 e. The summed E-state index contributed by atoms with van der Waals surface area (Å²) >= 11 is 0. The largest absolute Gasteiger partial charge is 0.508 e. The lowest BCUT2D eigenvalue weighted by Crippen LogP contribution is -2.17. The number of para-hydroxylation sites is 3. The Morgan fingerprint density at radius 3 is 2.27 bits per heavy atom. The zero-order chi connectivity index (χ0) is 18.4. The van der Waals surface area contributed by atoms with Crippen LogP contribution in [-0.2, 0) is 6.42 Å². The normalized spacial score (nSPS) is 10.2. The highest BCUT2D eigenvalue weighted by Gasteiger charge is 2.09. The molecule has 0 aliphatic heterocycles. The van der Waals surface area contributed by atoms with E-state index in [4.69, 9.17) is 9.47 Å². The lowest BCUT2D eigenvalue weighted by atomic mass is 10.0. The first kappa shape index (κ1) is 17.4. The van der Waals surface area contributed by atoms with Crippen LogP contribution < -0.4 is 14.8 Å². The van der Waals surface area contributed by atoms with Crippen molar-refractivity contribution in [2.24, 2.45) is 0 Å². The van der Waals surface area contributed by atoms with Crippen LogP contribution in [0.2, 0.25) is 0 Å². The van der Waals surface area contributed by atoms with Gasteiger partial charge in [-0.3, -0.25) is 5.32 Å². The molecule has 1 amide bonds. The molecule has 26 heavy (non-hydrogen) atoms. The molecule has 0 aliphatic rings. The number of ether oxygens (including phenoxy) is 2. The highest BCUT2D eigenvalue weighted by Crippen LogP contribution is 2.26. The molecule has 0 unspecified atom stereocenters. The van der Waals surface area contributed by atoms with E-state index in [2.05, 4.69) is 5.32 Å². The summed E-state index contributed by atoms with van der Waals surface area (Å²) in [6.45, 7) is 0. The van der Waals surface area contributed by atoms with Gasteiger partial charge in [-0.1, -0.05) is 42.5 Å². The number of benzene rings is 3. The number of carbonyl (C=O) groups excluding carboxylic acids is 1. The molecular weight excluding hydrogens is 330 g/mol. The minimum absolute atomic E-state index is 0.273. The van der Waals surface area contributed by atoms with Crippen LogP contribution >= 0.6 is 0 Å². The molecule has 0 atom stereocenters. The smallest absolute Gasteiger partial charge is 0.417 e. The molecule has 0 aliphatic carbocycles. The first-order valence-corrected chi connectivity index (χ1v) is 8.13. The van der Waals surface area contributed by atoms with E-state index in [9.17, 15) is 9.90 Å². The molecule has 5 heteroatoms. The molecule has 0 spiro atoms. The molecule has 0 saturated carbocycles. The third-order valence-corrected chi connectivity index (χ3v) is 3.86. The number of nitrogens with one attached hydrogen (secondary N) is 1. The van der Waals surface area contributed by atoms with Gasteiger partial charge in [-0.2, -0.15) is 0 Å². The van der Waals surface area contributed by atoms with Gasteiger partial charge in [0.25, 0.3) is 0 Å². The van der Waals surface area contributed by atoms with Crippen LogP contribution in [0.5, 0.6) is 17.2 Å². The Balaban J connectivity index is 1.62. The molecule has 3 aromatic carbocycles. The van der Waals surface area contributed by atoms with Crippen molar-refractivity contribution in [2.75, 3.05) is 12.4 Å². The number of amides is 1. The molecular formula is C21H19NO4. The first-order valence-electron chi connectivity index (χ1n) is 8.13. The van der Waals surface area contributed by atoms with Crippen LogP contribution in [0.25, 0.3) is 0 Å². The van der Waals surface area contributed by atoms with Gasteiger partial charge in [0.05, 0.1) is 7.11 Å². The number of phenols is 1. The average molecular weight is 349 g/mol. The fourth-order valence-corrected chi connectivity index (χ4v) is 2.53. The Morgan fingerprint density at radius 2 is 1.58 bits per heavy atom. The van der Waals surface area contributed by atoms with Gasteiger partial charge in [0.2, 0.25) is 0 Å². The number of phenolic OH excluding ortho intramolecular Hbond substituents is 1. The van der Waals surface area contributed by atoms with Crippen LogP contribution in [0.4, 0.5) is 10.5 Å². The Bertz CT molecular complexity index is 891. The maximum Gasteiger partial charge on any atom is 0.417 e. The van der Waals surface area contributed by atoms with Crippen molar-refractivity contribution in [1.29, 1.82) is 0 Å². The summed E-state index contributed by atoms with van der Waals surface area (Å²) in [5, 5.41) is 12.5. The fourth-order valence-electron chi connectivity index (χ4n) is 2.53. The topological polar surface area (TPSA) is 67.8 Å². The van der Waals surface area contributed by atoms with Gasteiger partial charge in [-0.15, -0.1) is 0 Å². The Morgan fingerprint density at radius 1 is 0.923 bits per heavy atom. The van der Waals surface area contributed by atoms with Gasteiger partial charge in [0.15, 0.2) is 11.5 Å². The van der Waals surface area contributed by atoms with Crippen LogP contribution in [0, 0.1) is 0 Å². The van der Waals surface area contributed by atoms with Crippen molar-refractivity contribution in [3.05, 3.63) is 83.9 Å². The van der Waals surface area contributed by atoms with Crippen molar-refractivity contribution >= 4 is 11.8 Å². The third kappa shape index (κ3) is 4.33. The molecule has 2 N–H and O–H groups in total. The number of rotatable bonds is 5. The van der Waals surface area contributed by atoms with Gasteiger partial charge >= 0.3 is 6.09 Å². The van der Waals surface area contributed by atoms with E-state index in [1.54, 1.807) is 48.5 Å². The monoisotopic (exact) mass is 349 g/mol. The van der Waals surface area contributed by atoms with Crippen molar-refractivity contribution in [2.45, 2.75) is 6.42 Å². The Kier molecular flexibility index (Phi) is 5.39. The summed E-state index contributed by atoms with van der Waals surface area (Å²) in [6.07, 6.45) is 0.0152. The molecule has 5 nitrogen and oxygen atoms in total. The lowest BCUT2D eigenvalue weighted by Gasteiger charge is -2.10. The van der Waals surface area contributed by atoms with E-state index in [-0.39, 0.29) is 5.75 Å². The molecule has 0 bridgehead atoms. The predicted octanol–water partition coefficient (Wildman–Crippen LogP) is 4.60. The van der Waals surface area contributed by atoms with Gasteiger partial charge in [-0.25, -0.2) is 4.79 Å². The average Bonchev–Trinajstić information content (AvgIpc) is 2.65. The second kappa shape index (κ2) is 8.07. The number of aromatic hydroxyl groups is 1. The minimum atomic E-state index is -0.594. The first-order chi connectivity index (χ1) is 12.7. The fraction of sp³-hybridized carbons (Fsp3) is 0.0952. The zero-order valence-electron chi connectivity index (χ0n) is 14.3. The standard InChI is InChI=1S/C21H19NO4/c1-25-19-8-4-5-9-20(19)26-21(24)22-17-12-10-15(11-13-17)14-16-6-2-3-7-18(16)23/h2-13,23H,14H2,1H3,(H,22,24). The number of carbonyl (C=O) groups is 1. The molecule has 0 aromatic heterocycles. The summed E-state index contributed by atoms with van der Waals surface area (Å²) < 4.78 is 10.4. The van der Waals surface area contributed by atoms with Gasteiger partial charge < -0.3 is 14.6 Å². The molecule has 0 saturated heterocycles. The van der Waals surface area contributed by atoms with Crippen LogP contribution in [0.15, 0.2) is 72.8 Å². The Hall–Kier alpha value is -3.47. The van der Waals surface area contributed by atoms with Crippen LogP contribution in [0.3, 0.4) is 0 Å². The van der Waals surface area contributed by atoms with E-state index >= 15 is 0 Å². The number of anilines is 1. The molecule has 132 valence electrons. The van der Waals surface area contributed by atoms with Crippen LogP contribution in [-0.4, -0.2) is 18.3 Å². The van der Waals surface area contributed by atoms with Gasteiger partial charge in [0, 0.05) is 12.1 Å². The van der Waals surface area contributed by atoms with Crippen molar-refractivity contribution in [3.8, 4) is 17.2 Å². The Labute approximate surface area is 151 Å². The molecule has 3 aromatic rings. The van der Waals surface area contributed by atoms with Crippen LogP contribution in [0.1, 0.15) is 11.1 Å². The lowest BCUT2D eigenvalue weighted by molar-refractivity contribution is 0.213. The van der Waals surface area contributed by atoms with Crippen molar-refractivity contribution in [1.82, 2.24) is 0 Å².